The first kappa shape index (κ1) is 37.6. The van der Waals surface area contributed by atoms with Crippen LogP contribution in [0.3, 0.4) is 0 Å². The fourth-order valence-electron chi connectivity index (χ4n) is 3.07. The fourth-order valence-corrected chi connectivity index (χ4v) is 3.07. The summed E-state index contributed by atoms with van der Waals surface area (Å²) >= 11 is 0. The van der Waals surface area contributed by atoms with Crippen molar-refractivity contribution in [2.75, 3.05) is 13.2 Å². The maximum Gasteiger partial charge on any atom is 0.460 e. The van der Waals surface area contributed by atoms with Gasteiger partial charge in [-0.15, -0.1) is 0 Å². The lowest BCUT2D eigenvalue weighted by Gasteiger charge is -2.43. The Morgan fingerprint density at radius 1 is 0.561 bits per heavy atom. The van der Waals surface area contributed by atoms with E-state index < -0.39 is 104 Å². The van der Waals surface area contributed by atoms with Crippen LogP contribution in [-0.4, -0.2) is 123 Å². The zero-order valence-electron chi connectivity index (χ0n) is 19.1. The number of ether oxygens (including phenoxy) is 2. The van der Waals surface area contributed by atoms with Crippen molar-refractivity contribution in [1.29, 1.82) is 0 Å². The summed E-state index contributed by atoms with van der Waals surface area (Å²) < 4.78 is 234. The Kier molecular flexibility index (Phi) is 10.3. The van der Waals surface area contributed by atoms with Gasteiger partial charge in [0.1, 0.15) is 24.4 Å². The lowest BCUT2D eigenvalue weighted by Crippen LogP contribution is -2.74. The third-order valence-electron chi connectivity index (χ3n) is 5.56. The molecule has 24 heteroatoms. The van der Waals surface area contributed by atoms with Crippen molar-refractivity contribution in [2.45, 2.75) is 90.9 Å². The first-order chi connectivity index (χ1) is 17.9. The molecule has 1 fully saturated rings. The molecule has 7 nitrogen and oxygen atoms in total. The predicted molar refractivity (Wildman–Crippen MR) is 91.0 cm³/mol. The summed E-state index contributed by atoms with van der Waals surface area (Å²) in [5.41, 5.74) is 0. The van der Waals surface area contributed by atoms with E-state index in [0.29, 0.717) is 0 Å². The lowest BCUT2D eigenvalue weighted by molar-refractivity contribution is -0.462. The topological polar surface area (TPSA) is 120 Å². The lowest BCUT2D eigenvalue weighted by atomic mass is 9.88. The molecule has 41 heavy (non-hydrogen) atoms. The Bertz CT molecular complexity index is 897. The molecule has 0 bridgehead atoms. The maximum atomic E-state index is 13.9. The Balaban J connectivity index is 3.15. The minimum Gasteiger partial charge on any atom is -0.390 e. The van der Waals surface area contributed by atoms with Gasteiger partial charge in [-0.25, -0.2) is 0 Å². The maximum absolute atomic E-state index is 13.9. The summed E-state index contributed by atoms with van der Waals surface area (Å²) in [5.74, 6) is -57.7. The average molecular weight is 656 g/mol. The van der Waals surface area contributed by atoms with Gasteiger partial charge < -0.3 is 35.0 Å². The van der Waals surface area contributed by atoms with Crippen LogP contribution < -0.4 is 0 Å². The molecule has 2 unspecified atom stereocenters. The number of halogens is 17. The summed E-state index contributed by atoms with van der Waals surface area (Å²) in [4.78, 5) is 0. The number of alkyl halides is 17. The zero-order valence-corrected chi connectivity index (χ0v) is 19.1. The monoisotopic (exact) mass is 656 g/mol. The molecule has 6 atom stereocenters. The minimum atomic E-state index is -8.77. The smallest absolute Gasteiger partial charge is 0.390 e. The second-order valence-corrected chi connectivity index (χ2v) is 8.58. The Labute approximate surface area is 215 Å². The number of aliphatic hydroxyl groups excluding tert-OH is 5. The third-order valence-corrected chi connectivity index (χ3v) is 5.56. The van der Waals surface area contributed by atoms with Gasteiger partial charge >= 0.3 is 47.6 Å². The van der Waals surface area contributed by atoms with E-state index in [2.05, 4.69) is 9.47 Å². The van der Waals surface area contributed by atoms with Crippen molar-refractivity contribution in [2.24, 2.45) is 0 Å². The van der Waals surface area contributed by atoms with Crippen LogP contribution >= 0.6 is 0 Å². The Hall–Kier alpha value is -1.47. The predicted octanol–water partition coefficient (Wildman–Crippen LogP) is 2.56. The SMILES string of the molecule is OC(COC[C@H]1OC(O)[C@H](O)[C@@H](O)[C@H]1O)CC(F)(F)C(F)(F)C(F)(F)C(F)(F)C(F)(F)C(F)(F)C(F)(F)C(F)(F)F. The first-order valence-electron chi connectivity index (χ1n) is 10.2. The molecular formula is C17H17F17O7. The summed E-state index contributed by atoms with van der Waals surface area (Å²) in [6, 6.07) is 0. The van der Waals surface area contributed by atoms with Gasteiger partial charge in [0.05, 0.1) is 19.3 Å². The van der Waals surface area contributed by atoms with Crippen molar-refractivity contribution in [3.05, 3.63) is 0 Å². The van der Waals surface area contributed by atoms with Crippen molar-refractivity contribution in [1.82, 2.24) is 0 Å². The molecule has 0 aromatic heterocycles. The van der Waals surface area contributed by atoms with Crippen LogP contribution in [0, 0.1) is 0 Å². The van der Waals surface area contributed by atoms with Crippen LogP contribution in [0.15, 0.2) is 0 Å². The van der Waals surface area contributed by atoms with E-state index in [1.807, 2.05) is 0 Å². The molecule has 0 aliphatic carbocycles. The summed E-state index contributed by atoms with van der Waals surface area (Å²) in [7, 11) is 0. The van der Waals surface area contributed by atoms with Gasteiger partial charge in [-0.05, 0) is 0 Å². The number of aliphatic hydroxyl groups is 5. The van der Waals surface area contributed by atoms with E-state index in [4.69, 9.17) is 0 Å². The summed E-state index contributed by atoms with van der Waals surface area (Å²) in [6.45, 7) is -2.90. The Morgan fingerprint density at radius 3 is 1.37 bits per heavy atom. The Morgan fingerprint density at radius 2 is 0.951 bits per heavy atom. The van der Waals surface area contributed by atoms with Crippen molar-refractivity contribution in [3.8, 4) is 0 Å². The van der Waals surface area contributed by atoms with Crippen LogP contribution in [0.4, 0.5) is 74.6 Å². The molecule has 246 valence electrons. The molecule has 1 heterocycles. The molecule has 1 aliphatic rings. The van der Waals surface area contributed by atoms with Gasteiger partial charge in [-0.1, -0.05) is 0 Å². The van der Waals surface area contributed by atoms with Gasteiger partial charge in [-0.3, -0.25) is 0 Å². The highest BCUT2D eigenvalue weighted by molar-refractivity contribution is 5.15. The van der Waals surface area contributed by atoms with Crippen molar-refractivity contribution >= 4 is 0 Å². The standard InChI is InChI=1S/C17H17F17O7/c18-10(19,1-4(35)2-40-3-5-6(36)7(37)8(38)9(39)41-5)11(20,21)12(22,23)13(24,25)14(26,27)15(28,29)16(30,31)17(32,33)34/h4-9,35-39H,1-3H2/t4?,5-,6+,7+,8-,9?/m1/s1. The molecular weight excluding hydrogens is 639 g/mol. The molecule has 1 saturated heterocycles. The van der Waals surface area contributed by atoms with Crippen molar-refractivity contribution in [3.63, 3.8) is 0 Å². The highest BCUT2D eigenvalue weighted by Gasteiger charge is 2.95. The quantitative estimate of drug-likeness (QED) is 0.205. The van der Waals surface area contributed by atoms with E-state index in [9.17, 15) is 100 Å². The van der Waals surface area contributed by atoms with Crippen LogP contribution in [0.2, 0.25) is 0 Å². The normalized spacial score (nSPS) is 27.2. The van der Waals surface area contributed by atoms with E-state index in [1.54, 1.807) is 0 Å². The first-order valence-corrected chi connectivity index (χ1v) is 10.2. The van der Waals surface area contributed by atoms with E-state index >= 15 is 0 Å². The van der Waals surface area contributed by atoms with Gasteiger partial charge in [0.25, 0.3) is 0 Å². The zero-order chi connectivity index (χ0) is 33.0. The van der Waals surface area contributed by atoms with Gasteiger partial charge in [0, 0.05) is 6.42 Å². The molecule has 5 N–H and O–H groups in total. The van der Waals surface area contributed by atoms with E-state index in [0.717, 1.165) is 0 Å². The third kappa shape index (κ3) is 6.01. The van der Waals surface area contributed by atoms with E-state index in [-0.39, 0.29) is 0 Å². The second-order valence-electron chi connectivity index (χ2n) is 8.58. The molecule has 0 radical (unpaired) electrons. The van der Waals surface area contributed by atoms with Crippen LogP contribution in [0.5, 0.6) is 0 Å². The second kappa shape index (κ2) is 11.2. The molecule has 0 aromatic rings. The van der Waals surface area contributed by atoms with Crippen LogP contribution in [0.1, 0.15) is 6.42 Å². The molecule has 0 spiro atoms. The average Bonchev–Trinajstić information content (AvgIpc) is 2.79. The number of hydrogen-bond acceptors (Lipinski definition) is 7. The van der Waals surface area contributed by atoms with Crippen LogP contribution in [0.25, 0.3) is 0 Å². The summed E-state index contributed by atoms with van der Waals surface area (Å²) in [5, 5.41) is 46.8. The highest BCUT2D eigenvalue weighted by atomic mass is 19.4. The molecule has 0 saturated carbocycles. The molecule has 0 aromatic carbocycles. The summed E-state index contributed by atoms with van der Waals surface area (Å²) in [6.07, 6.45) is -24.6. The number of hydrogen-bond donors (Lipinski definition) is 5. The molecule has 1 aliphatic heterocycles. The highest BCUT2D eigenvalue weighted by Crippen LogP contribution is 2.64. The van der Waals surface area contributed by atoms with E-state index in [1.165, 1.54) is 0 Å². The fraction of sp³-hybridized carbons (Fsp3) is 1.00. The minimum absolute atomic E-state index is 1.18. The van der Waals surface area contributed by atoms with Gasteiger partial charge in [0.15, 0.2) is 6.29 Å². The van der Waals surface area contributed by atoms with Crippen LogP contribution in [-0.2, 0) is 9.47 Å². The molecule has 1 rings (SSSR count). The molecule has 0 amide bonds. The van der Waals surface area contributed by atoms with Gasteiger partial charge in [0.2, 0.25) is 0 Å². The largest absolute Gasteiger partial charge is 0.460 e. The number of rotatable bonds is 12. The van der Waals surface area contributed by atoms with Gasteiger partial charge in [-0.2, -0.15) is 74.6 Å². The van der Waals surface area contributed by atoms with Crippen molar-refractivity contribution < 1.29 is 110 Å².